The van der Waals surface area contributed by atoms with Crippen LogP contribution in [0, 0.1) is 12.3 Å². The van der Waals surface area contributed by atoms with Crippen LogP contribution in [0.5, 0.6) is 0 Å². The van der Waals surface area contributed by atoms with Crippen LogP contribution in [0.2, 0.25) is 0 Å². The highest BCUT2D eigenvalue weighted by atomic mass is 14.8. The number of rotatable bonds is 1. The van der Waals surface area contributed by atoms with Gasteiger partial charge in [-0.15, -0.1) is 0 Å². The Labute approximate surface area is 216 Å². The molecule has 2 nitrogen and oxygen atoms in total. The first-order valence-corrected chi connectivity index (χ1v) is 12.8. The molecule has 176 valence electrons. The third-order valence-corrected chi connectivity index (χ3v) is 7.99. The molecule has 37 heavy (non-hydrogen) atoms. The number of fused-ring (bicyclic) bond motifs is 5. The van der Waals surface area contributed by atoms with E-state index < -0.39 is 0 Å². The normalized spacial score (nSPS) is 18.4. The van der Waals surface area contributed by atoms with Gasteiger partial charge in [0.2, 0.25) is 0 Å². The molecule has 1 N–H and O–H groups in total. The van der Waals surface area contributed by atoms with Crippen LogP contribution >= 0.6 is 0 Å². The van der Waals surface area contributed by atoms with Gasteiger partial charge in [-0.25, -0.2) is 4.99 Å². The maximum Gasteiger partial charge on any atom is 0.0788 e. The molecule has 0 radical (unpaired) electrons. The van der Waals surface area contributed by atoms with E-state index in [2.05, 4.69) is 111 Å². The maximum absolute atomic E-state index is 8.32. The molecule has 3 aromatic rings. The number of nitrogens with zero attached hydrogens (tertiary/aromatic N) is 1. The van der Waals surface area contributed by atoms with Gasteiger partial charge in [-0.05, 0) is 81.2 Å². The number of benzene rings is 3. The number of allylic oxidation sites excluding steroid dienone is 8. The van der Waals surface area contributed by atoms with Crippen molar-refractivity contribution in [1.29, 1.82) is 5.41 Å². The van der Waals surface area contributed by atoms with Crippen LogP contribution in [0.4, 0.5) is 0 Å². The number of hydrogen-bond acceptors (Lipinski definition) is 2. The molecule has 0 aromatic heterocycles. The molecule has 0 amide bonds. The second-order valence-electron chi connectivity index (χ2n) is 10.1. The molecular weight excluding hydrogens is 448 g/mol. The maximum atomic E-state index is 8.32. The molecule has 7 bridgehead atoms. The molecule has 0 spiro atoms. The van der Waals surface area contributed by atoms with Crippen molar-refractivity contribution in [2.24, 2.45) is 4.99 Å². The van der Waals surface area contributed by atoms with Crippen molar-refractivity contribution in [2.45, 2.75) is 19.3 Å². The second kappa shape index (κ2) is 8.25. The molecule has 2 heteroatoms. The van der Waals surface area contributed by atoms with Crippen molar-refractivity contribution in [2.75, 3.05) is 0 Å². The summed E-state index contributed by atoms with van der Waals surface area (Å²) in [7, 11) is 0. The highest BCUT2D eigenvalue weighted by molar-refractivity contribution is 5.91. The minimum atomic E-state index is -0.123. The van der Waals surface area contributed by atoms with E-state index >= 15 is 0 Å². The standard InChI is InChI=1S/C35H26N2/c1-21-9-10-23-11-12-24-13-14-25(15-16-31(24)22(23)2)32-8-4-6-27-18-29(37-35(27)32)19-28-17-26-5-3-7-30(21)34(26)33(28)20-36/h3-15,17-20,33,36H,1,16H2,2H3. The van der Waals surface area contributed by atoms with E-state index in [1.165, 1.54) is 27.8 Å². The Morgan fingerprint density at radius 2 is 1.68 bits per heavy atom. The van der Waals surface area contributed by atoms with E-state index in [1.54, 1.807) is 6.21 Å². The van der Waals surface area contributed by atoms with Crippen LogP contribution in [-0.2, 0) is 6.42 Å². The summed E-state index contributed by atoms with van der Waals surface area (Å²) in [6, 6.07) is 17.2. The predicted octanol–water partition coefficient (Wildman–Crippen LogP) is 6.82. The highest BCUT2D eigenvalue weighted by Gasteiger charge is 2.26. The fraction of sp³-hybridized carbons (Fsp3) is 0.0857. The zero-order chi connectivity index (χ0) is 25.1. The van der Waals surface area contributed by atoms with Gasteiger partial charge in [0.25, 0.3) is 0 Å². The van der Waals surface area contributed by atoms with E-state index in [9.17, 15) is 0 Å². The number of nitrogens with one attached hydrogen (secondary N) is 1. The van der Waals surface area contributed by atoms with E-state index in [1.807, 2.05) is 0 Å². The van der Waals surface area contributed by atoms with Crippen molar-refractivity contribution in [3.8, 4) is 0 Å². The Morgan fingerprint density at radius 1 is 0.865 bits per heavy atom. The van der Waals surface area contributed by atoms with E-state index in [4.69, 9.17) is 10.4 Å². The minimum Gasteiger partial charge on any atom is -0.312 e. The number of hydrogen-bond donors (Lipinski definition) is 1. The van der Waals surface area contributed by atoms with E-state index in [0.29, 0.717) is 0 Å². The van der Waals surface area contributed by atoms with Gasteiger partial charge in [-0.2, -0.15) is 0 Å². The molecule has 0 saturated heterocycles. The van der Waals surface area contributed by atoms with Gasteiger partial charge < -0.3 is 5.41 Å². The van der Waals surface area contributed by atoms with Crippen molar-refractivity contribution in [3.63, 3.8) is 0 Å². The van der Waals surface area contributed by atoms with E-state index in [-0.39, 0.29) is 5.92 Å². The molecule has 2 aliphatic carbocycles. The van der Waals surface area contributed by atoms with Crippen molar-refractivity contribution < 1.29 is 0 Å². The van der Waals surface area contributed by atoms with Gasteiger partial charge in [-0.1, -0.05) is 91.6 Å². The molecule has 2 heterocycles. The first-order valence-electron chi connectivity index (χ1n) is 12.8. The molecule has 2 aliphatic heterocycles. The predicted molar refractivity (Wildman–Crippen MR) is 156 cm³/mol. The van der Waals surface area contributed by atoms with Crippen LogP contribution in [0.15, 0.2) is 95.7 Å². The number of para-hydroxylation sites is 1. The summed E-state index contributed by atoms with van der Waals surface area (Å²) in [5.74, 6) is -0.123. The third kappa shape index (κ3) is 3.41. The molecule has 1 unspecified atom stereocenters. The van der Waals surface area contributed by atoms with Gasteiger partial charge in [0.1, 0.15) is 0 Å². The first kappa shape index (κ1) is 21.7. The quantitative estimate of drug-likeness (QED) is 0.376. The zero-order valence-electron chi connectivity index (χ0n) is 20.8. The first-order chi connectivity index (χ1) is 18.1. The summed E-state index contributed by atoms with van der Waals surface area (Å²) in [5.41, 5.74) is 13.8. The SMILES string of the molecule is C=C1C=Cc2ccc3c(c2C)CC=C(C=C3)c2cccc3c2=NC(=CC2=Cc4cccc1c4C2C=N)C=3. The monoisotopic (exact) mass is 474 g/mol. The molecule has 0 fully saturated rings. The molecule has 7 rings (SSSR count). The zero-order valence-corrected chi connectivity index (χ0v) is 20.8. The molecule has 4 aliphatic rings. The topological polar surface area (TPSA) is 36.2 Å². The van der Waals surface area contributed by atoms with Gasteiger partial charge in [0, 0.05) is 22.9 Å². The second-order valence-corrected chi connectivity index (χ2v) is 10.1. The fourth-order valence-corrected chi connectivity index (χ4v) is 6.03. The molecule has 1 atom stereocenters. The Kier molecular flexibility index (Phi) is 4.84. The Balaban J connectivity index is 1.50. The smallest absolute Gasteiger partial charge is 0.0788 e. The molecular formula is C35H26N2. The lowest BCUT2D eigenvalue weighted by molar-refractivity contribution is 1.11. The lowest BCUT2D eigenvalue weighted by Crippen LogP contribution is -2.24. The van der Waals surface area contributed by atoms with Crippen molar-refractivity contribution in [3.05, 3.63) is 146 Å². The molecule has 0 saturated carbocycles. The Bertz CT molecular complexity index is 1840. The summed E-state index contributed by atoms with van der Waals surface area (Å²) in [5, 5.41) is 10.5. The van der Waals surface area contributed by atoms with Crippen LogP contribution in [0.1, 0.15) is 50.4 Å². The summed E-state index contributed by atoms with van der Waals surface area (Å²) in [6.45, 7) is 6.65. The summed E-state index contributed by atoms with van der Waals surface area (Å²) >= 11 is 0. The van der Waals surface area contributed by atoms with Gasteiger partial charge in [0.05, 0.1) is 11.1 Å². The molecule has 3 aromatic carbocycles. The summed E-state index contributed by atoms with van der Waals surface area (Å²) in [4.78, 5) is 5.09. The van der Waals surface area contributed by atoms with Crippen LogP contribution in [-0.4, -0.2) is 6.21 Å². The van der Waals surface area contributed by atoms with Crippen molar-refractivity contribution in [1.82, 2.24) is 0 Å². The lowest BCUT2D eigenvalue weighted by atomic mass is 9.88. The summed E-state index contributed by atoms with van der Waals surface area (Å²) < 4.78 is 0. The van der Waals surface area contributed by atoms with Crippen molar-refractivity contribution >= 4 is 41.7 Å². The van der Waals surface area contributed by atoms with Crippen LogP contribution in [0.3, 0.4) is 0 Å². The third-order valence-electron chi connectivity index (χ3n) is 7.99. The van der Waals surface area contributed by atoms with Crippen LogP contribution < -0.4 is 10.6 Å². The average molecular weight is 475 g/mol. The van der Waals surface area contributed by atoms with Gasteiger partial charge in [0.15, 0.2) is 0 Å². The summed E-state index contributed by atoms with van der Waals surface area (Å²) in [6.07, 6.45) is 20.0. The van der Waals surface area contributed by atoms with Crippen LogP contribution in [0.25, 0.3) is 35.5 Å². The largest absolute Gasteiger partial charge is 0.312 e. The Morgan fingerprint density at radius 3 is 2.57 bits per heavy atom. The van der Waals surface area contributed by atoms with E-state index in [0.717, 1.165) is 56.1 Å². The lowest BCUT2D eigenvalue weighted by Gasteiger charge is -2.15. The highest BCUT2D eigenvalue weighted by Crippen LogP contribution is 2.41. The van der Waals surface area contributed by atoms with Gasteiger partial charge >= 0.3 is 0 Å². The minimum absolute atomic E-state index is 0.123. The van der Waals surface area contributed by atoms with Gasteiger partial charge in [-0.3, -0.25) is 0 Å². The Hall–Kier alpha value is -4.56. The fourth-order valence-electron chi connectivity index (χ4n) is 6.03. The average Bonchev–Trinajstić information content (AvgIpc) is 3.40.